The van der Waals surface area contributed by atoms with Gasteiger partial charge in [-0.3, -0.25) is 4.57 Å². The first kappa shape index (κ1) is 27.8. The van der Waals surface area contributed by atoms with Gasteiger partial charge in [-0.05, 0) is 57.9 Å². The summed E-state index contributed by atoms with van der Waals surface area (Å²) in [6.45, 7) is 0. The van der Waals surface area contributed by atoms with Crippen LogP contribution in [-0.2, 0) is 0 Å². The van der Waals surface area contributed by atoms with E-state index in [9.17, 15) is 0 Å². The van der Waals surface area contributed by atoms with E-state index in [1.165, 1.54) is 80.6 Å². The number of fused-ring (bicyclic) bond motifs is 16. The topological polar surface area (TPSA) is 35.1 Å². The van der Waals surface area contributed by atoms with E-state index in [-0.39, 0.29) is 0 Å². The van der Waals surface area contributed by atoms with Crippen molar-refractivity contribution >= 4 is 113 Å². The first-order chi connectivity index (χ1) is 26.3. The van der Waals surface area contributed by atoms with Crippen molar-refractivity contribution in [2.45, 2.75) is 0 Å². The maximum absolute atomic E-state index is 5.62. The summed E-state index contributed by atoms with van der Waals surface area (Å²) in [5.74, 6) is 1.64. The Bertz CT molecular complexity index is 3700. The van der Waals surface area contributed by atoms with Crippen molar-refractivity contribution in [2.24, 2.45) is 0 Å². The maximum atomic E-state index is 5.62. The minimum Gasteiger partial charge on any atom is -0.308 e. The average molecular weight is 691 g/mol. The highest BCUT2D eigenvalue weighted by Gasteiger charge is 2.27. The summed E-state index contributed by atoms with van der Waals surface area (Å²) in [5.41, 5.74) is 8.02. The van der Waals surface area contributed by atoms with E-state index in [1.807, 2.05) is 0 Å². The minimum atomic E-state index is 0.726. The SMILES string of the molecule is c1ccc2cc(-c3nc(-n4c5ccc6ccccc6c5c5cc6c7ccccc7n7c8ccccc8c(c54)c67)c4sc5ccccc5c4n3)ccc2c1. The smallest absolute Gasteiger partial charge is 0.162 e. The van der Waals surface area contributed by atoms with Crippen LogP contribution in [0.15, 0.2) is 158 Å². The lowest BCUT2D eigenvalue weighted by Gasteiger charge is -2.12. The molecule has 244 valence electrons. The van der Waals surface area contributed by atoms with Crippen molar-refractivity contribution in [1.29, 1.82) is 0 Å². The molecule has 0 radical (unpaired) electrons. The number of thiophene rings is 1. The molecular weight excluding hydrogens is 665 g/mol. The van der Waals surface area contributed by atoms with Gasteiger partial charge in [0.05, 0.1) is 37.8 Å². The zero-order valence-electron chi connectivity index (χ0n) is 28.2. The van der Waals surface area contributed by atoms with Gasteiger partial charge in [-0.15, -0.1) is 11.3 Å². The molecule has 0 saturated heterocycles. The molecule has 0 fully saturated rings. The van der Waals surface area contributed by atoms with Gasteiger partial charge in [0.2, 0.25) is 0 Å². The zero-order chi connectivity index (χ0) is 34.4. The van der Waals surface area contributed by atoms with Crippen LogP contribution in [-0.4, -0.2) is 18.9 Å². The molecule has 0 saturated carbocycles. The second-order valence-corrected chi connectivity index (χ2v) is 15.2. The lowest BCUT2D eigenvalue weighted by molar-refractivity contribution is 1.09. The Balaban J connectivity index is 1.30. The summed E-state index contributed by atoms with van der Waals surface area (Å²) < 4.78 is 7.24. The lowest BCUT2D eigenvalue weighted by atomic mass is 10.0. The number of nitrogens with zero attached hydrogens (tertiary/aromatic N) is 4. The highest BCUT2D eigenvalue weighted by molar-refractivity contribution is 7.26. The van der Waals surface area contributed by atoms with Crippen molar-refractivity contribution in [3.05, 3.63) is 158 Å². The van der Waals surface area contributed by atoms with Gasteiger partial charge in [0.1, 0.15) is 0 Å². The van der Waals surface area contributed by atoms with Crippen LogP contribution in [0.3, 0.4) is 0 Å². The molecule has 0 unspecified atom stereocenters. The van der Waals surface area contributed by atoms with Crippen molar-refractivity contribution in [3.8, 4) is 17.2 Å². The zero-order valence-corrected chi connectivity index (χ0v) is 29.0. The first-order valence-electron chi connectivity index (χ1n) is 18.0. The van der Waals surface area contributed by atoms with Crippen LogP contribution in [0.5, 0.6) is 0 Å². The van der Waals surface area contributed by atoms with Crippen molar-refractivity contribution < 1.29 is 0 Å². The Morgan fingerprint density at radius 3 is 1.98 bits per heavy atom. The second kappa shape index (κ2) is 9.94. The van der Waals surface area contributed by atoms with E-state index in [4.69, 9.17) is 9.97 Å². The summed E-state index contributed by atoms with van der Waals surface area (Å²) in [6, 6.07) is 57.3. The Morgan fingerprint density at radius 2 is 1.11 bits per heavy atom. The first-order valence-corrected chi connectivity index (χ1v) is 18.8. The number of hydrogen-bond donors (Lipinski definition) is 0. The molecule has 4 nitrogen and oxygen atoms in total. The molecule has 8 aromatic carbocycles. The molecule has 0 atom stereocenters. The van der Waals surface area contributed by atoms with Crippen LogP contribution in [0.2, 0.25) is 0 Å². The van der Waals surface area contributed by atoms with Crippen molar-refractivity contribution in [3.63, 3.8) is 0 Å². The number of benzene rings is 8. The van der Waals surface area contributed by atoms with E-state index in [0.717, 1.165) is 38.3 Å². The van der Waals surface area contributed by atoms with Crippen LogP contribution in [0.25, 0.3) is 119 Å². The van der Waals surface area contributed by atoms with E-state index in [1.54, 1.807) is 11.3 Å². The van der Waals surface area contributed by atoms with Crippen LogP contribution >= 0.6 is 11.3 Å². The van der Waals surface area contributed by atoms with Crippen LogP contribution < -0.4 is 0 Å². The number of para-hydroxylation sites is 2. The number of hydrogen-bond acceptors (Lipinski definition) is 3. The van der Waals surface area contributed by atoms with Gasteiger partial charge in [0.15, 0.2) is 11.6 Å². The Labute approximate surface area is 305 Å². The maximum Gasteiger partial charge on any atom is 0.162 e. The molecule has 0 aliphatic heterocycles. The molecule has 0 N–H and O–H groups in total. The molecule has 5 heterocycles. The summed E-state index contributed by atoms with van der Waals surface area (Å²) >= 11 is 1.78. The summed E-state index contributed by atoms with van der Waals surface area (Å²) in [6.07, 6.45) is 0. The standard InChI is InChI=1S/C48H26N4S/c1-2-13-29-25-30(22-21-27(29)11-1)47-49-43-34-17-7-10-20-40(34)53-46(43)48(50-47)52-39-24-23-28-12-3-4-14-31(28)41(39)36-26-35-32-15-5-8-18-37(32)51-38-19-9-6-16-33(38)42(44(35)51)45(36)52/h1-26H. The molecule has 0 amide bonds. The van der Waals surface area contributed by atoms with Gasteiger partial charge in [0.25, 0.3) is 0 Å². The molecule has 5 heteroatoms. The predicted molar refractivity (Wildman–Crippen MR) is 224 cm³/mol. The summed E-state index contributed by atoms with van der Waals surface area (Å²) in [4.78, 5) is 11.0. The molecule has 13 rings (SSSR count). The van der Waals surface area contributed by atoms with E-state index >= 15 is 0 Å². The van der Waals surface area contributed by atoms with Crippen LogP contribution in [0, 0.1) is 0 Å². The molecule has 13 aromatic rings. The van der Waals surface area contributed by atoms with Gasteiger partial charge in [-0.25, -0.2) is 9.97 Å². The molecule has 0 bridgehead atoms. The Kier molecular flexibility index (Phi) is 5.22. The second-order valence-electron chi connectivity index (χ2n) is 14.1. The molecular formula is C48H26N4S. The van der Waals surface area contributed by atoms with Gasteiger partial charge in [-0.2, -0.15) is 0 Å². The fourth-order valence-electron chi connectivity index (χ4n) is 9.18. The fraction of sp³-hybridized carbons (Fsp3) is 0. The molecule has 5 aromatic heterocycles. The van der Waals surface area contributed by atoms with Gasteiger partial charge < -0.3 is 4.40 Å². The largest absolute Gasteiger partial charge is 0.308 e. The fourth-order valence-corrected chi connectivity index (χ4v) is 10.3. The van der Waals surface area contributed by atoms with Crippen molar-refractivity contribution in [1.82, 2.24) is 18.9 Å². The molecule has 53 heavy (non-hydrogen) atoms. The normalized spacial score (nSPS) is 12.5. The monoisotopic (exact) mass is 690 g/mol. The van der Waals surface area contributed by atoms with Gasteiger partial charge in [-0.1, -0.05) is 121 Å². The Morgan fingerprint density at radius 1 is 0.434 bits per heavy atom. The van der Waals surface area contributed by atoms with E-state index < -0.39 is 0 Å². The summed E-state index contributed by atoms with van der Waals surface area (Å²) in [7, 11) is 0. The van der Waals surface area contributed by atoms with Crippen LogP contribution in [0.1, 0.15) is 0 Å². The predicted octanol–water partition coefficient (Wildman–Crippen LogP) is 13.1. The summed E-state index contributed by atoms with van der Waals surface area (Å²) in [5, 5.41) is 13.5. The number of rotatable bonds is 2. The lowest BCUT2D eigenvalue weighted by Crippen LogP contribution is -2.02. The van der Waals surface area contributed by atoms with E-state index in [2.05, 4.69) is 167 Å². The molecule has 0 aliphatic rings. The highest BCUT2D eigenvalue weighted by atomic mass is 32.1. The third kappa shape index (κ3) is 3.54. The quantitative estimate of drug-likeness (QED) is 0.181. The molecule has 0 spiro atoms. The average Bonchev–Trinajstić information content (AvgIpc) is 3.96. The third-order valence-electron chi connectivity index (χ3n) is 11.4. The highest BCUT2D eigenvalue weighted by Crippen LogP contribution is 2.49. The van der Waals surface area contributed by atoms with Crippen molar-refractivity contribution in [2.75, 3.05) is 0 Å². The van der Waals surface area contributed by atoms with Gasteiger partial charge >= 0.3 is 0 Å². The molecule has 0 aliphatic carbocycles. The van der Waals surface area contributed by atoms with E-state index in [0.29, 0.717) is 0 Å². The van der Waals surface area contributed by atoms with Crippen LogP contribution in [0.4, 0.5) is 0 Å². The Hall–Kier alpha value is -6.82. The number of aromatic nitrogens is 4. The third-order valence-corrected chi connectivity index (χ3v) is 12.6. The van der Waals surface area contributed by atoms with Gasteiger partial charge in [0, 0.05) is 48.0 Å². The minimum absolute atomic E-state index is 0.726.